The molecule has 0 amide bonds. The first-order valence-corrected chi connectivity index (χ1v) is 20.2. The number of esters is 2. The van der Waals surface area contributed by atoms with Crippen molar-refractivity contribution in [1.29, 1.82) is 0 Å². The average Bonchev–Trinajstić information content (AvgIpc) is 3.03. The second-order valence-electron chi connectivity index (χ2n) is 12.7. The zero-order valence-corrected chi connectivity index (χ0v) is 30.4. The molecule has 1 N–H and O–H groups in total. The summed E-state index contributed by atoms with van der Waals surface area (Å²) in [6.45, 7) is 3.88. The van der Waals surface area contributed by atoms with Gasteiger partial charge in [0, 0.05) is 20.0 Å². The molecular formula is C36H71O8P. The zero-order chi connectivity index (χ0) is 33.3. The van der Waals surface area contributed by atoms with Gasteiger partial charge in [-0.3, -0.25) is 18.6 Å². The second kappa shape index (κ2) is 33.0. The third-order valence-corrected chi connectivity index (χ3v) is 9.29. The van der Waals surface area contributed by atoms with E-state index in [0.29, 0.717) is 6.42 Å². The monoisotopic (exact) mass is 662 g/mol. The van der Waals surface area contributed by atoms with Crippen LogP contribution in [-0.4, -0.2) is 43.3 Å². The number of rotatable bonds is 35. The van der Waals surface area contributed by atoms with Gasteiger partial charge in [-0.15, -0.1) is 0 Å². The van der Waals surface area contributed by atoms with Gasteiger partial charge in [-0.05, 0) is 12.8 Å². The molecule has 2 atom stereocenters. The van der Waals surface area contributed by atoms with Crippen LogP contribution in [0.25, 0.3) is 0 Å². The molecule has 0 aliphatic rings. The highest BCUT2D eigenvalue weighted by molar-refractivity contribution is 7.47. The number of unbranched alkanes of at least 4 members (excludes halogenated alkanes) is 24. The fourth-order valence-corrected chi connectivity index (χ4v) is 5.88. The smallest absolute Gasteiger partial charge is 0.462 e. The number of ether oxygens (including phenoxy) is 2. The van der Waals surface area contributed by atoms with Gasteiger partial charge in [0.2, 0.25) is 0 Å². The first kappa shape index (κ1) is 44.0. The van der Waals surface area contributed by atoms with Crippen LogP contribution in [0.1, 0.15) is 194 Å². The SMILES string of the molecule is CCCCCCCCCCCCCCCCCCC(=O)OC(COC(=O)CCCCCCCCCCCC)COP(=O)(O)OC. The average molecular weight is 663 g/mol. The minimum atomic E-state index is -4.24. The molecule has 0 spiro atoms. The molecule has 0 aliphatic carbocycles. The van der Waals surface area contributed by atoms with E-state index in [4.69, 9.17) is 14.0 Å². The van der Waals surface area contributed by atoms with Crippen LogP contribution in [0.3, 0.4) is 0 Å². The number of hydrogen-bond donors (Lipinski definition) is 1. The molecule has 0 aromatic heterocycles. The summed E-state index contributed by atoms with van der Waals surface area (Å²) in [7, 11) is -3.18. The number of hydrogen-bond acceptors (Lipinski definition) is 7. The van der Waals surface area contributed by atoms with Crippen molar-refractivity contribution in [2.75, 3.05) is 20.3 Å². The summed E-state index contributed by atoms with van der Waals surface area (Å²) < 4.78 is 31.8. The van der Waals surface area contributed by atoms with Crippen LogP contribution in [0.15, 0.2) is 0 Å². The molecule has 0 saturated heterocycles. The normalized spacial score (nSPS) is 13.4. The van der Waals surface area contributed by atoms with Crippen LogP contribution in [0, 0.1) is 0 Å². The molecule has 0 heterocycles. The first-order chi connectivity index (χ1) is 21.8. The molecule has 0 rings (SSSR count). The van der Waals surface area contributed by atoms with Gasteiger partial charge in [0.05, 0.1) is 6.61 Å². The number of carbonyl (C=O) groups is 2. The number of phosphoric ester groups is 1. The minimum absolute atomic E-state index is 0.217. The first-order valence-electron chi connectivity index (χ1n) is 18.7. The molecule has 0 fully saturated rings. The molecule has 45 heavy (non-hydrogen) atoms. The minimum Gasteiger partial charge on any atom is -0.462 e. The van der Waals surface area contributed by atoms with Gasteiger partial charge >= 0.3 is 19.8 Å². The van der Waals surface area contributed by atoms with Crippen molar-refractivity contribution < 1.29 is 37.6 Å². The van der Waals surface area contributed by atoms with Gasteiger partial charge in [-0.25, -0.2) is 4.57 Å². The number of carbonyl (C=O) groups excluding carboxylic acids is 2. The maximum absolute atomic E-state index is 12.4. The van der Waals surface area contributed by atoms with Crippen molar-refractivity contribution in [3.05, 3.63) is 0 Å². The Morgan fingerprint density at radius 1 is 0.533 bits per heavy atom. The van der Waals surface area contributed by atoms with Gasteiger partial charge in [-0.1, -0.05) is 168 Å². The highest BCUT2D eigenvalue weighted by atomic mass is 31.2. The van der Waals surface area contributed by atoms with Crippen LogP contribution in [0.4, 0.5) is 0 Å². The summed E-state index contributed by atoms with van der Waals surface area (Å²) in [5.41, 5.74) is 0. The lowest BCUT2D eigenvalue weighted by atomic mass is 10.0. The molecule has 0 aromatic carbocycles. The Kier molecular flexibility index (Phi) is 32.3. The molecule has 0 radical (unpaired) electrons. The van der Waals surface area contributed by atoms with Crippen LogP contribution in [0.5, 0.6) is 0 Å². The van der Waals surface area contributed by atoms with E-state index in [0.717, 1.165) is 45.6 Å². The van der Waals surface area contributed by atoms with E-state index in [9.17, 15) is 19.0 Å². The molecule has 8 nitrogen and oxygen atoms in total. The topological polar surface area (TPSA) is 108 Å². The molecule has 9 heteroatoms. The van der Waals surface area contributed by atoms with Gasteiger partial charge in [0.15, 0.2) is 6.10 Å². The Morgan fingerprint density at radius 2 is 0.867 bits per heavy atom. The molecule has 0 saturated carbocycles. The summed E-state index contributed by atoms with van der Waals surface area (Å²) in [4.78, 5) is 34.2. The zero-order valence-electron chi connectivity index (χ0n) is 29.5. The maximum Gasteiger partial charge on any atom is 0.472 e. The van der Waals surface area contributed by atoms with Crippen LogP contribution in [-0.2, 0) is 32.7 Å². The summed E-state index contributed by atoms with van der Waals surface area (Å²) in [5.74, 6) is -0.794. The van der Waals surface area contributed by atoms with Crippen molar-refractivity contribution in [3.63, 3.8) is 0 Å². The predicted molar refractivity (Wildman–Crippen MR) is 184 cm³/mol. The fourth-order valence-electron chi connectivity index (χ4n) is 5.42. The van der Waals surface area contributed by atoms with E-state index in [-0.39, 0.29) is 19.0 Å². The third kappa shape index (κ3) is 32.8. The highest BCUT2D eigenvalue weighted by Gasteiger charge is 2.24. The molecule has 268 valence electrons. The highest BCUT2D eigenvalue weighted by Crippen LogP contribution is 2.42. The lowest BCUT2D eigenvalue weighted by molar-refractivity contribution is -0.161. The summed E-state index contributed by atoms with van der Waals surface area (Å²) in [6.07, 6.45) is 31.5. The summed E-state index contributed by atoms with van der Waals surface area (Å²) >= 11 is 0. The largest absolute Gasteiger partial charge is 0.472 e. The predicted octanol–water partition coefficient (Wildman–Crippen LogP) is 11.2. The van der Waals surface area contributed by atoms with Gasteiger partial charge in [0.25, 0.3) is 0 Å². The van der Waals surface area contributed by atoms with Gasteiger partial charge in [-0.2, -0.15) is 0 Å². The Balaban J connectivity index is 4.00. The Bertz CT molecular complexity index is 717. The Labute approximate surface area is 277 Å². The maximum atomic E-state index is 12.4. The molecular weight excluding hydrogens is 591 g/mol. The lowest BCUT2D eigenvalue weighted by Crippen LogP contribution is -2.29. The fraction of sp³-hybridized carbons (Fsp3) is 0.944. The molecule has 0 aromatic rings. The van der Waals surface area contributed by atoms with E-state index in [1.54, 1.807) is 0 Å². The van der Waals surface area contributed by atoms with Crippen LogP contribution >= 0.6 is 7.82 Å². The van der Waals surface area contributed by atoms with Crippen LogP contribution in [0.2, 0.25) is 0 Å². The van der Waals surface area contributed by atoms with Gasteiger partial charge < -0.3 is 14.4 Å². The summed E-state index contributed by atoms with van der Waals surface area (Å²) in [6, 6.07) is 0. The standard InChI is InChI=1S/C36H71O8P/c1-4-6-8-10-12-14-16-17-18-19-20-21-23-25-27-29-31-36(38)44-34(33-43-45(39,40)41-3)32-42-35(37)30-28-26-24-22-15-13-11-9-7-5-2/h34H,4-33H2,1-3H3,(H,39,40). The van der Waals surface area contributed by atoms with Crippen molar-refractivity contribution >= 4 is 19.8 Å². The molecule has 2 unspecified atom stereocenters. The summed E-state index contributed by atoms with van der Waals surface area (Å²) in [5, 5.41) is 0. The second-order valence-corrected chi connectivity index (χ2v) is 14.3. The van der Waals surface area contributed by atoms with E-state index in [2.05, 4.69) is 18.4 Å². The van der Waals surface area contributed by atoms with Gasteiger partial charge in [0.1, 0.15) is 6.61 Å². The van der Waals surface area contributed by atoms with Crippen molar-refractivity contribution in [3.8, 4) is 0 Å². The lowest BCUT2D eigenvalue weighted by Gasteiger charge is -2.19. The van der Waals surface area contributed by atoms with E-state index in [1.807, 2.05) is 0 Å². The quantitative estimate of drug-likeness (QED) is 0.0406. The molecule has 0 bridgehead atoms. The third-order valence-electron chi connectivity index (χ3n) is 8.35. The van der Waals surface area contributed by atoms with E-state index in [1.165, 1.54) is 128 Å². The number of phosphoric acid groups is 1. The van der Waals surface area contributed by atoms with Crippen molar-refractivity contribution in [2.24, 2.45) is 0 Å². The van der Waals surface area contributed by atoms with Crippen LogP contribution < -0.4 is 0 Å². The van der Waals surface area contributed by atoms with E-state index < -0.39 is 26.5 Å². The van der Waals surface area contributed by atoms with E-state index >= 15 is 0 Å². The van der Waals surface area contributed by atoms with Crippen molar-refractivity contribution in [2.45, 2.75) is 200 Å². The Hall–Kier alpha value is -0.950. The Morgan fingerprint density at radius 3 is 1.22 bits per heavy atom. The van der Waals surface area contributed by atoms with Crippen molar-refractivity contribution in [1.82, 2.24) is 0 Å². The molecule has 0 aliphatic heterocycles.